The van der Waals surface area contributed by atoms with Crippen molar-refractivity contribution in [1.82, 2.24) is 9.97 Å². The van der Waals surface area contributed by atoms with Crippen molar-refractivity contribution in [2.24, 2.45) is 0 Å². The zero-order chi connectivity index (χ0) is 17.8. The molecule has 128 valence electrons. The normalized spacial score (nSPS) is 15.4. The molecule has 3 heterocycles. The molecule has 1 atom stereocenters. The molecule has 0 spiro atoms. The highest BCUT2D eigenvalue weighted by molar-refractivity contribution is 7.19. The summed E-state index contributed by atoms with van der Waals surface area (Å²) in [5.74, 6) is -0.564. The van der Waals surface area contributed by atoms with E-state index in [1.54, 1.807) is 24.3 Å². The third-order valence-electron chi connectivity index (χ3n) is 4.45. The summed E-state index contributed by atoms with van der Waals surface area (Å²) in [6.45, 7) is 0. The van der Waals surface area contributed by atoms with Gasteiger partial charge in [-0.05, 0) is 29.8 Å². The van der Waals surface area contributed by atoms with E-state index in [1.165, 1.54) is 35.9 Å². The van der Waals surface area contributed by atoms with E-state index in [-0.39, 0.29) is 23.1 Å². The number of hydrogen-bond donors (Lipinski definition) is 1. The molecule has 0 fully saturated rings. The third-order valence-corrected chi connectivity index (χ3v) is 5.71. The maximum Gasteiger partial charge on any atom is 0.258 e. The number of halogens is 2. The van der Waals surface area contributed by atoms with Gasteiger partial charge in [0.05, 0.1) is 27.4 Å². The molecule has 7 heteroatoms. The lowest BCUT2D eigenvalue weighted by Gasteiger charge is -2.24. The number of hydrogen-bond acceptors (Lipinski definition) is 4. The number of aromatic nitrogens is 2. The van der Waals surface area contributed by atoms with Crippen LogP contribution in [-0.4, -0.2) is 9.97 Å². The van der Waals surface area contributed by atoms with Crippen LogP contribution >= 0.6 is 11.3 Å². The zero-order valence-corrected chi connectivity index (χ0v) is 13.9. The second-order valence-corrected chi connectivity index (χ2v) is 7.00. The second-order valence-electron chi connectivity index (χ2n) is 5.95. The Morgan fingerprint density at radius 3 is 2.73 bits per heavy atom. The van der Waals surface area contributed by atoms with Crippen LogP contribution in [0.15, 0.2) is 53.6 Å². The van der Waals surface area contributed by atoms with Crippen molar-refractivity contribution in [3.63, 3.8) is 0 Å². The van der Waals surface area contributed by atoms with Gasteiger partial charge in [0.1, 0.15) is 11.6 Å². The van der Waals surface area contributed by atoms with Crippen LogP contribution in [0.1, 0.15) is 21.9 Å². The maximum absolute atomic E-state index is 14.3. The number of thiophene rings is 1. The van der Waals surface area contributed by atoms with Crippen LogP contribution in [-0.2, 0) is 0 Å². The fourth-order valence-electron chi connectivity index (χ4n) is 3.31. The number of nitrogens with one attached hydrogen (secondary N) is 1. The van der Waals surface area contributed by atoms with Gasteiger partial charge in [-0.3, -0.25) is 4.79 Å². The third kappa shape index (κ3) is 2.10. The highest BCUT2D eigenvalue weighted by atomic mass is 32.1. The number of fused-ring (bicyclic) bond motifs is 4. The topological polar surface area (TPSA) is 55.0 Å². The van der Waals surface area contributed by atoms with Gasteiger partial charge in [-0.2, -0.15) is 0 Å². The SMILES string of the molecule is O=c1[nH]cnc2c1C(c1ccc(F)cc1)c1sc3c(F)cccc3c1O2. The van der Waals surface area contributed by atoms with Gasteiger partial charge >= 0.3 is 0 Å². The number of benzene rings is 2. The molecule has 0 radical (unpaired) electrons. The Balaban J connectivity index is 1.86. The van der Waals surface area contributed by atoms with E-state index in [1.807, 2.05) is 0 Å². The van der Waals surface area contributed by atoms with Gasteiger partial charge in [-0.1, -0.05) is 18.2 Å². The number of aromatic amines is 1. The lowest BCUT2D eigenvalue weighted by atomic mass is 9.89. The summed E-state index contributed by atoms with van der Waals surface area (Å²) in [6.07, 6.45) is 1.27. The average Bonchev–Trinajstić information content (AvgIpc) is 3.01. The zero-order valence-electron chi connectivity index (χ0n) is 13.1. The highest BCUT2D eigenvalue weighted by Crippen LogP contribution is 2.52. The van der Waals surface area contributed by atoms with Gasteiger partial charge in [-0.15, -0.1) is 11.3 Å². The van der Waals surface area contributed by atoms with E-state index in [4.69, 9.17) is 4.74 Å². The molecule has 5 rings (SSSR count). The molecule has 0 saturated carbocycles. The van der Waals surface area contributed by atoms with Crippen molar-refractivity contribution in [3.05, 3.63) is 86.8 Å². The highest BCUT2D eigenvalue weighted by Gasteiger charge is 2.35. The Kier molecular flexibility index (Phi) is 3.20. The van der Waals surface area contributed by atoms with Crippen LogP contribution in [0.5, 0.6) is 11.6 Å². The van der Waals surface area contributed by atoms with Gasteiger partial charge in [0.25, 0.3) is 5.56 Å². The molecule has 26 heavy (non-hydrogen) atoms. The van der Waals surface area contributed by atoms with Gasteiger partial charge in [0.2, 0.25) is 5.88 Å². The molecule has 4 aromatic rings. The molecule has 2 aromatic heterocycles. The Morgan fingerprint density at radius 1 is 1.12 bits per heavy atom. The van der Waals surface area contributed by atoms with Crippen LogP contribution in [0.4, 0.5) is 8.78 Å². The maximum atomic E-state index is 14.3. The first kappa shape index (κ1) is 15.2. The largest absolute Gasteiger partial charge is 0.437 e. The summed E-state index contributed by atoms with van der Waals surface area (Å²) in [5.41, 5.74) is 0.703. The molecule has 0 bridgehead atoms. The van der Waals surface area contributed by atoms with Gasteiger partial charge in [-0.25, -0.2) is 13.8 Å². The van der Waals surface area contributed by atoms with E-state index in [0.717, 1.165) is 0 Å². The lowest BCUT2D eigenvalue weighted by Crippen LogP contribution is -2.22. The molecule has 2 aromatic carbocycles. The number of rotatable bonds is 1. The predicted molar refractivity (Wildman–Crippen MR) is 94.1 cm³/mol. The Labute approximate surface area is 149 Å². The minimum atomic E-state index is -0.511. The van der Waals surface area contributed by atoms with Crippen molar-refractivity contribution in [2.75, 3.05) is 0 Å². The standard InChI is InChI=1S/C19H10F2N2O2S/c20-10-6-4-9(5-7-10)13-14-18(24)22-8-23-19(14)25-15-11-2-1-3-12(21)16(11)26-17(13)15/h1-8,13H,(H,22,23,24). The first-order valence-corrected chi connectivity index (χ1v) is 8.67. The van der Waals surface area contributed by atoms with E-state index in [2.05, 4.69) is 9.97 Å². The second kappa shape index (κ2) is 5.47. The van der Waals surface area contributed by atoms with Crippen molar-refractivity contribution in [3.8, 4) is 11.6 Å². The molecule has 0 saturated heterocycles. The summed E-state index contributed by atoms with van der Waals surface area (Å²) >= 11 is 1.23. The smallest absolute Gasteiger partial charge is 0.258 e. The van der Waals surface area contributed by atoms with Crippen LogP contribution in [0.3, 0.4) is 0 Å². The molecular formula is C19H10F2N2O2S. The van der Waals surface area contributed by atoms with Crippen molar-refractivity contribution < 1.29 is 13.5 Å². The quantitative estimate of drug-likeness (QED) is 0.472. The van der Waals surface area contributed by atoms with Gasteiger partial charge < -0.3 is 9.72 Å². The van der Waals surface area contributed by atoms with E-state index >= 15 is 0 Å². The van der Waals surface area contributed by atoms with Gasteiger partial charge in [0, 0.05) is 5.39 Å². The predicted octanol–water partition coefficient (Wildman–Crippen LogP) is 4.55. The summed E-state index contributed by atoms with van der Waals surface area (Å²) < 4.78 is 34.0. The summed E-state index contributed by atoms with van der Waals surface area (Å²) in [6, 6.07) is 10.7. The fraction of sp³-hybridized carbons (Fsp3) is 0.0526. The van der Waals surface area contributed by atoms with E-state index < -0.39 is 5.92 Å². The van der Waals surface area contributed by atoms with Crippen LogP contribution in [0.2, 0.25) is 0 Å². The molecular weight excluding hydrogens is 358 g/mol. The lowest BCUT2D eigenvalue weighted by molar-refractivity contribution is 0.439. The molecule has 0 amide bonds. The first-order valence-electron chi connectivity index (χ1n) is 7.85. The fourth-order valence-corrected chi connectivity index (χ4v) is 4.58. The Morgan fingerprint density at radius 2 is 1.92 bits per heavy atom. The van der Waals surface area contributed by atoms with Gasteiger partial charge in [0.15, 0.2) is 5.75 Å². The average molecular weight is 368 g/mol. The number of H-pyrrole nitrogens is 1. The first-order chi connectivity index (χ1) is 12.6. The van der Waals surface area contributed by atoms with Crippen LogP contribution in [0, 0.1) is 11.6 Å². The minimum Gasteiger partial charge on any atom is -0.437 e. The molecule has 1 unspecified atom stereocenters. The Bertz CT molecular complexity index is 1210. The summed E-state index contributed by atoms with van der Waals surface area (Å²) in [5, 5.41) is 0.629. The molecule has 4 nitrogen and oxygen atoms in total. The van der Waals surface area contributed by atoms with Crippen molar-refractivity contribution >= 4 is 21.4 Å². The number of nitrogens with zero attached hydrogens (tertiary/aromatic N) is 1. The van der Waals surface area contributed by atoms with E-state index in [0.29, 0.717) is 31.8 Å². The number of ether oxygens (including phenoxy) is 1. The Hall–Kier alpha value is -3.06. The molecule has 1 aliphatic rings. The summed E-state index contributed by atoms with van der Waals surface area (Å²) in [7, 11) is 0. The molecule has 1 aliphatic heterocycles. The van der Waals surface area contributed by atoms with Crippen molar-refractivity contribution in [1.29, 1.82) is 0 Å². The monoisotopic (exact) mass is 368 g/mol. The van der Waals surface area contributed by atoms with Crippen LogP contribution < -0.4 is 10.3 Å². The van der Waals surface area contributed by atoms with Crippen LogP contribution in [0.25, 0.3) is 10.1 Å². The summed E-state index contributed by atoms with van der Waals surface area (Å²) in [4.78, 5) is 19.9. The molecule has 1 N–H and O–H groups in total. The van der Waals surface area contributed by atoms with E-state index in [9.17, 15) is 13.6 Å². The minimum absolute atomic E-state index is 0.180. The molecule has 0 aliphatic carbocycles. The van der Waals surface area contributed by atoms with Crippen molar-refractivity contribution in [2.45, 2.75) is 5.92 Å².